The Bertz CT molecular complexity index is 740. The summed E-state index contributed by atoms with van der Waals surface area (Å²) in [4.78, 5) is 39.4. The number of hydrogen-bond acceptors (Lipinski definition) is 5. The van der Waals surface area contributed by atoms with E-state index in [0.717, 1.165) is 0 Å². The highest BCUT2D eigenvalue weighted by Gasteiger charge is 2.60. The van der Waals surface area contributed by atoms with Gasteiger partial charge in [0, 0.05) is 12.8 Å². The van der Waals surface area contributed by atoms with Crippen LogP contribution in [0.3, 0.4) is 0 Å². The van der Waals surface area contributed by atoms with Crippen molar-refractivity contribution < 1.29 is 24.2 Å². The Labute approximate surface area is 160 Å². The lowest BCUT2D eigenvalue weighted by Gasteiger charge is -2.47. The average molecular weight is 375 g/mol. The molecule has 1 heterocycles. The van der Waals surface area contributed by atoms with Gasteiger partial charge in [-0.25, -0.2) is 0 Å². The van der Waals surface area contributed by atoms with Crippen molar-refractivity contribution >= 4 is 17.7 Å². The van der Waals surface area contributed by atoms with Crippen LogP contribution in [0.5, 0.6) is 0 Å². The van der Waals surface area contributed by atoms with Crippen molar-refractivity contribution in [2.24, 2.45) is 5.41 Å². The number of ether oxygens (including phenoxy) is 1. The third-order valence-corrected chi connectivity index (χ3v) is 6.16. The summed E-state index contributed by atoms with van der Waals surface area (Å²) in [6.45, 7) is 8.29. The molecular weight excluding hydrogens is 346 g/mol. The standard InChI is InChI=1S/C21H29NO5/c1-14(23)12-21(15-10-8-7-9-11-15)13-16(24)22(17(21)25)20(4,5)19(2,3)18(26)27-6/h7-11,16,24H,12-13H2,1-6H3. The highest BCUT2D eigenvalue weighted by molar-refractivity contribution is 5.96. The molecule has 1 fully saturated rings. The molecule has 148 valence electrons. The van der Waals surface area contributed by atoms with Gasteiger partial charge in [-0.1, -0.05) is 30.3 Å². The van der Waals surface area contributed by atoms with Gasteiger partial charge in [0.1, 0.15) is 12.0 Å². The van der Waals surface area contributed by atoms with Gasteiger partial charge in [-0.3, -0.25) is 14.4 Å². The van der Waals surface area contributed by atoms with Crippen molar-refractivity contribution in [3.05, 3.63) is 35.9 Å². The molecule has 2 unspecified atom stereocenters. The number of amides is 1. The molecule has 6 heteroatoms. The monoisotopic (exact) mass is 375 g/mol. The van der Waals surface area contributed by atoms with Crippen LogP contribution in [0.25, 0.3) is 0 Å². The quantitative estimate of drug-likeness (QED) is 0.772. The predicted octanol–water partition coefficient (Wildman–Crippen LogP) is 2.43. The minimum atomic E-state index is -1.14. The van der Waals surface area contributed by atoms with Gasteiger partial charge in [-0.2, -0.15) is 0 Å². The van der Waals surface area contributed by atoms with Gasteiger partial charge in [-0.15, -0.1) is 0 Å². The van der Waals surface area contributed by atoms with Crippen molar-refractivity contribution in [2.75, 3.05) is 7.11 Å². The Morgan fingerprint density at radius 3 is 2.26 bits per heavy atom. The SMILES string of the molecule is COC(=O)C(C)(C)C(C)(C)N1C(=O)C(CC(C)=O)(c2ccccc2)CC1O. The van der Waals surface area contributed by atoms with Crippen LogP contribution >= 0.6 is 0 Å². The number of ketones is 1. The maximum absolute atomic E-state index is 13.6. The molecule has 0 radical (unpaired) electrons. The highest BCUT2D eigenvalue weighted by atomic mass is 16.5. The van der Waals surface area contributed by atoms with Crippen LogP contribution in [-0.2, 0) is 24.5 Å². The van der Waals surface area contributed by atoms with Gasteiger partial charge in [-0.05, 0) is 40.2 Å². The predicted molar refractivity (Wildman–Crippen MR) is 101 cm³/mol. The van der Waals surface area contributed by atoms with Crippen molar-refractivity contribution in [1.29, 1.82) is 0 Å². The van der Waals surface area contributed by atoms with Crippen LogP contribution in [0.4, 0.5) is 0 Å². The van der Waals surface area contributed by atoms with Gasteiger partial charge in [0.25, 0.3) is 0 Å². The molecule has 1 N–H and O–H groups in total. The molecule has 1 aromatic carbocycles. The number of aliphatic hydroxyl groups excluding tert-OH is 1. The van der Waals surface area contributed by atoms with E-state index in [4.69, 9.17) is 4.74 Å². The zero-order chi connectivity index (χ0) is 20.6. The maximum Gasteiger partial charge on any atom is 0.313 e. The molecule has 1 aliphatic rings. The van der Waals surface area contributed by atoms with E-state index in [0.29, 0.717) is 5.56 Å². The molecule has 0 spiro atoms. The Hall–Kier alpha value is -2.21. The first kappa shape index (κ1) is 21.1. The number of Topliss-reactive ketones (excluding diaryl/α,β-unsaturated/α-hetero) is 1. The summed E-state index contributed by atoms with van der Waals surface area (Å²) in [5.74, 6) is -0.957. The van der Waals surface area contributed by atoms with Crippen molar-refractivity contribution in [3.8, 4) is 0 Å². The van der Waals surface area contributed by atoms with Crippen LogP contribution in [0, 0.1) is 5.41 Å². The summed E-state index contributed by atoms with van der Waals surface area (Å²) < 4.78 is 4.92. The summed E-state index contributed by atoms with van der Waals surface area (Å²) in [5.41, 5.74) is -2.56. The number of aliphatic hydroxyl groups is 1. The molecule has 2 rings (SSSR count). The summed E-state index contributed by atoms with van der Waals surface area (Å²) in [7, 11) is 1.30. The Balaban J connectivity index is 2.58. The van der Waals surface area contributed by atoms with Crippen molar-refractivity contribution in [3.63, 3.8) is 0 Å². The summed E-state index contributed by atoms with van der Waals surface area (Å²) in [6, 6.07) is 9.06. The number of benzene rings is 1. The summed E-state index contributed by atoms with van der Waals surface area (Å²) >= 11 is 0. The normalized spacial score (nSPS) is 23.4. The zero-order valence-corrected chi connectivity index (χ0v) is 16.9. The van der Waals surface area contributed by atoms with Gasteiger partial charge in [0.15, 0.2) is 0 Å². The number of rotatable bonds is 6. The number of nitrogens with zero attached hydrogens (tertiary/aromatic N) is 1. The molecule has 1 aliphatic heterocycles. The number of carbonyl (C=O) groups is 3. The summed E-state index contributed by atoms with van der Waals surface area (Å²) in [6.07, 6.45) is -1.02. The number of carbonyl (C=O) groups excluding carboxylic acids is 3. The van der Waals surface area contributed by atoms with E-state index in [-0.39, 0.29) is 24.5 Å². The number of likely N-dealkylation sites (tertiary alicyclic amines) is 1. The Morgan fingerprint density at radius 1 is 1.22 bits per heavy atom. The van der Waals surface area contributed by atoms with E-state index in [1.807, 2.05) is 18.2 Å². The molecular formula is C21H29NO5. The lowest BCUT2D eigenvalue weighted by atomic mass is 9.72. The second kappa shape index (κ2) is 7.08. The number of hydrogen-bond donors (Lipinski definition) is 1. The Morgan fingerprint density at radius 2 is 1.78 bits per heavy atom. The fourth-order valence-electron chi connectivity index (χ4n) is 3.96. The largest absolute Gasteiger partial charge is 0.469 e. The molecule has 0 saturated carbocycles. The van der Waals surface area contributed by atoms with Gasteiger partial charge >= 0.3 is 5.97 Å². The average Bonchev–Trinajstić information content (AvgIpc) is 2.85. The molecule has 6 nitrogen and oxygen atoms in total. The molecule has 1 amide bonds. The van der Waals surface area contributed by atoms with Crippen molar-refractivity contribution in [1.82, 2.24) is 4.90 Å². The minimum absolute atomic E-state index is 0.00185. The van der Waals surface area contributed by atoms with E-state index in [1.165, 1.54) is 18.9 Å². The van der Waals surface area contributed by atoms with Crippen LogP contribution in [0.1, 0.15) is 53.0 Å². The van der Waals surface area contributed by atoms with E-state index in [9.17, 15) is 19.5 Å². The third-order valence-electron chi connectivity index (χ3n) is 6.16. The number of methoxy groups -OCH3 is 1. The second-order valence-corrected chi connectivity index (χ2v) is 8.36. The van der Waals surface area contributed by atoms with Crippen LogP contribution < -0.4 is 0 Å². The van der Waals surface area contributed by atoms with E-state index in [2.05, 4.69) is 0 Å². The maximum atomic E-state index is 13.6. The first-order chi connectivity index (χ1) is 12.4. The van der Waals surface area contributed by atoms with E-state index in [1.54, 1.807) is 39.8 Å². The van der Waals surface area contributed by atoms with Crippen LogP contribution in [-0.4, -0.2) is 46.5 Å². The fraction of sp³-hybridized carbons (Fsp3) is 0.571. The second-order valence-electron chi connectivity index (χ2n) is 8.36. The van der Waals surface area contributed by atoms with Gasteiger partial charge < -0.3 is 14.7 Å². The third kappa shape index (κ3) is 3.27. The molecule has 0 aromatic heterocycles. The zero-order valence-electron chi connectivity index (χ0n) is 16.9. The lowest BCUT2D eigenvalue weighted by molar-refractivity contribution is -0.169. The summed E-state index contributed by atoms with van der Waals surface area (Å²) in [5, 5.41) is 10.9. The molecule has 1 aromatic rings. The highest BCUT2D eigenvalue weighted by Crippen LogP contribution is 2.48. The van der Waals surface area contributed by atoms with E-state index >= 15 is 0 Å². The minimum Gasteiger partial charge on any atom is -0.469 e. The Kier molecular flexibility index (Phi) is 5.53. The fourth-order valence-corrected chi connectivity index (χ4v) is 3.96. The smallest absolute Gasteiger partial charge is 0.313 e. The molecule has 1 saturated heterocycles. The lowest BCUT2D eigenvalue weighted by Crippen LogP contribution is -2.61. The molecule has 2 atom stereocenters. The number of esters is 1. The van der Waals surface area contributed by atoms with Crippen molar-refractivity contribution in [2.45, 2.75) is 64.6 Å². The molecule has 0 aliphatic carbocycles. The molecule has 0 bridgehead atoms. The van der Waals surface area contributed by atoms with Gasteiger partial charge in [0.05, 0.1) is 23.5 Å². The van der Waals surface area contributed by atoms with Crippen LogP contribution in [0.2, 0.25) is 0 Å². The molecule has 27 heavy (non-hydrogen) atoms. The van der Waals surface area contributed by atoms with E-state index < -0.39 is 28.6 Å². The first-order valence-corrected chi connectivity index (χ1v) is 9.07. The first-order valence-electron chi connectivity index (χ1n) is 9.07. The van der Waals surface area contributed by atoms with Gasteiger partial charge in [0.2, 0.25) is 5.91 Å². The topological polar surface area (TPSA) is 83.9 Å². The van der Waals surface area contributed by atoms with Crippen LogP contribution in [0.15, 0.2) is 30.3 Å².